The Morgan fingerprint density at radius 2 is 2.00 bits per heavy atom. The molecule has 3 aromatic rings. The Kier molecular flexibility index (Phi) is 4.37. The van der Waals surface area contributed by atoms with Gasteiger partial charge in [-0.15, -0.1) is 0 Å². The molecular weight excluding hydrogens is 404 g/mol. The Balaban J connectivity index is 1.61. The smallest absolute Gasteiger partial charge is 0.275 e. The predicted octanol–water partition coefficient (Wildman–Crippen LogP) is 2.52. The van der Waals surface area contributed by atoms with E-state index >= 15 is 0 Å². The van der Waals surface area contributed by atoms with Crippen molar-refractivity contribution in [2.24, 2.45) is 5.92 Å². The summed E-state index contributed by atoms with van der Waals surface area (Å²) in [6.07, 6.45) is 4.71. The second-order valence-corrected chi connectivity index (χ2v) is 10.5. The van der Waals surface area contributed by atoms with E-state index in [1.807, 2.05) is 13.8 Å². The summed E-state index contributed by atoms with van der Waals surface area (Å²) in [5.41, 5.74) is 0.820. The van der Waals surface area contributed by atoms with E-state index in [9.17, 15) is 13.2 Å². The first kappa shape index (κ1) is 19.4. The average Bonchev–Trinajstić information content (AvgIpc) is 3.60. The van der Waals surface area contributed by atoms with Crippen molar-refractivity contribution in [1.29, 1.82) is 0 Å². The predicted molar refractivity (Wildman–Crippen MR) is 111 cm³/mol. The molecule has 0 unspecified atom stereocenters. The Labute approximate surface area is 174 Å². The van der Waals surface area contributed by atoms with Crippen LogP contribution in [0.5, 0.6) is 0 Å². The molecule has 2 aromatic heterocycles. The Morgan fingerprint density at radius 1 is 1.23 bits per heavy atom. The molecule has 2 heterocycles. The van der Waals surface area contributed by atoms with Crippen LogP contribution in [0.15, 0.2) is 38.5 Å². The van der Waals surface area contributed by atoms with E-state index in [1.54, 1.807) is 18.2 Å². The number of aromatic nitrogens is 3. The minimum atomic E-state index is -3.70. The first-order valence-electron chi connectivity index (χ1n) is 10.2. The minimum absolute atomic E-state index is 0.103. The van der Waals surface area contributed by atoms with Crippen molar-refractivity contribution < 1.29 is 12.9 Å². The van der Waals surface area contributed by atoms with Crippen LogP contribution in [0.2, 0.25) is 0 Å². The first-order chi connectivity index (χ1) is 14.2. The van der Waals surface area contributed by atoms with Crippen LogP contribution in [0, 0.1) is 12.8 Å². The fraction of sp³-hybridized carbons (Fsp3) is 0.476. The second kappa shape index (κ2) is 6.75. The molecule has 0 radical (unpaired) electrons. The van der Waals surface area contributed by atoms with Gasteiger partial charge in [-0.3, -0.25) is 4.79 Å². The molecule has 0 aliphatic heterocycles. The maximum absolute atomic E-state index is 13.2. The van der Waals surface area contributed by atoms with Crippen molar-refractivity contribution in [3.63, 3.8) is 0 Å². The molecule has 2 fully saturated rings. The van der Waals surface area contributed by atoms with E-state index < -0.39 is 10.0 Å². The van der Waals surface area contributed by atoms with Crippen LogP contribution in [0.1, 0.15) is 49.8 Å². The van der Waals surface area contributed by atoms with Crippen molar-refractivity contribution in [3.8, 4) is 0 Å². The number of benzene rings is 1. The van der Waals surface area contributed by atoms with Crippen LogP contribution in [0.4, 0.5) is 0 Å². The second-order valence-electron chi connectivity index (χ2n) is 8.87. The van der Waals surface area contributed by atoms with Gasteiger partial charge in [-0.25, -0.2) is 17.8 Å². The maximum atomic E-state index is 13.2. The third-order valence-electron chi connectivity index (χ3n) is 5.86. The van der Waals surface area contributed by atoms with Crippen LogP contribution in [-0.2, 0) is 23.0 Å². The molecule has 9 heteroatoms. The van der Waals surface area contributed by atoms with Gasteiger partial charge >= 0.3 is 0 Å². The van der Waals surface area contributed by atoms with Gasteiger partial charge in [0.15, 0.2) is 5.76 Å². The maximum Gasteiger partial charge on any atom is 0.275 e. The van der Waals surface area contributed by atoms with E-state index in [0.717, 1.165) is 43.5 Å². The fourth-order valence-corrected chi connectivity index (χ4v) is 5.16. The molecule has 0 atom stereocenters. The van der Waals surface area contributed by atoms with Crippen molar-refractivity contribution in [2.45, 2.75) is 62.9 Å². The highest BCUT2D eigenvalue weighted by molar-refractivity contribution is 7.89. The number of rotatable bonds is 7. The van der Waals surface area contributed by atoms with Gasteiger partial charge in [0.05, 0.1) is 21.7 Å². The number of nitrogens with zero attached hydrogens (tertiary/aromatic N) is 3. The standard InChI is InChI=1S/C21H24N4O4S/c1-13-9-15(29-23-13)12-25-20(26)18-11-16(30(27,28)24-21(2)7-8-21)5-6-17(18)19(22-25)10-14-3-4-14/h5-6,9,11,14,24H,3-4,7-8,10,12H2,1-2H3. The summed E-state index contributed by atoms with van der Waals surface area (Å²) in [7, 11) is -3.70. The van der Waals surface area contributed by atoms with Gasteiger partial charge in [0, 0.05) is 17.0 Å². The van der Waals surface area contributed by atoms with Crippen molar-refractivity contribution in [2.75, 3.05) is 0 Å². The highest BCUT2D eigenvalue weighted by Crippen LogP contribution is 2.36. The van der Waals surface area contributed by atoms with E-state index in [1.165, 1.54) is 10.7 Å². The van der Waals surface area contributed by atoms with Gasteiger partial charge in [0.2, 0.25) is 10.0 Å². The molecular formula is C21H24N4O4S. The van der Waals surface area contributed by atoms with Crippen LogP contribution < -0.4 is 10.3 Å². The van der Waals surface area contributed by atoms with Gasteiger partial charge < -0.3 is 4.52 Å². The molecule has 8 nitrogen and oxygen atoms in total. The lowest BCUT2D eigenvalue weighted by Crippen LogP contribution is -2.34. The molecule has 2 saturated carbocycles. The summed E-state index contributed by atoms with van der Waals surface area (Å²) >= 11 is 0. The topological polar surface area (TPSA) is 107 Å². The molecule has 0 amide bonds. The third-order valence-corrected chi connectivity index (χ3v) is 7.50. The van der Waals surface area contributed by atoms with Crippen LogP contribution in [0.25, 0.3) is 10.8 Å². The van der Waals surface area contributed by atoms with Gasteiger partial charge in [-0.1, -0.05) is 11.2 Å². The van der Waals surface area contributed by atoms with Gasteiger partial charge in [-0.05, 0) is 64.0 Å². The lowest BCUT2D eigenvalue weighted by atomic mass is 10.1. The number of hydrogen-bond acceptors (Lipinski definition) is 6. The SMILES string of the molecule is Cc1cc(Cn2nc(CC3CC3)c3ccc(S(=O)(=O)NC4(C)CC4)cc3c2=O)on1. The first-order valence-corrected chi connectivity index (χ1v) is 11.7. The van der Waals surface area contributed by atoms with Crippen molar-refractivity contribution >= 4 is 20.8 Å². The molecule has 0 bridgehead atoms. The summed E-state index contributed by atoms with van der Waals surface area (Å²) < 4.78 is 35.0. The minimum Gasteiger partial charge on any atom is -0.359 e. The van der Waals surface area contributed by atoms with E-state index in [-0.39, 0.29) is 22.5 Å². The zero-order valence-electron chi connectivity index (χ0n) is 17.0. The molecule has 0 spiro atoms. The number of fused-ring (bicyclic) bond motifs is 1. The molecule has 1 N–H and O–H groups in total. The Bertz CT molecular complexity index is 1300. The number of sulfonamides is 1. The molecule has 158 valence electrons. The Hall–Kier alpha value is -2.52. The number of hydrogen-bond donors (Lipinski definition) is 1. The van der Waals surface area contributed by atoms with E-state index in [2.05, 4.69) is 15.0 Å². The van der Waals surface area contributed by atoms with Crippen LogP contribution in [-0.4, -0.2) is 28.9 Å². The zero-order chi connectivity index (χ0) is 21.1. The summed E-state index contributed by atoms with van der Waals surface area (Å²) in [5.74, 6) is 1.10. The number of aryl methyl sites for hydroxylation is 1. The molecule has 1 aromatic carbocycles. The van der Waals surface area contributed by atoms with Crippen molar-refractivity contribution in [1.82, 2.24) is 19.7 Å². The molecule has 2 aliphatic carbocycles. The van der Waals surface area contributed by atoms with E-state index in [0.29, 0.717) is 22.5 Å². The monoisotopic (exact) mass is 428 g/mol. The lowest BCUT2D eigenvalue weighted by Gasteiger charge is -2.14. The fourth-order valence-electron chi connectivity index (χ4n) is 3.67. The van der Waals surface area contributed by atoms with Gasteiger partial charge in [0.25, 0.3) is 5.56 Å². The Morgan fingerprint density at radius 3 is 2.63 bits per heavy atom. The highest BCUT2D eigenvalue weighted by Gasteiger charge is 2.41. The normalized spacial score (nSPS) is 18.1. The summed E-state index contributed by atoms with van der Waals surface area (Å²) in [5, 5.41) is 9.54. The van der Waals surface area contributed by atoms with Crippen LogP contribution >= 0.6 is 0 Å². The quantitative estimate of drug-likeness (QED) is 0.620. The van der Waals surface area contributed by atoms with Gasteiger partial charge in [-0.2, -0.15) is 5.10 Å². The zero-order valence-corrected chi connectivity index (χ0v) is 17.8. The number of nitrogens with one attached hydrogen (secondary N) is 1. The highest BCUT2D eigenvalue weighted by atomic mass is 32.2. The lowest BCUT2D eigenvalue weighted by molar-refractivity contribution is 0.365. The largest absolute Gasteiger partial charge is 0.359 e. The van der Waals surface area contributed by atoms with Gasteiger partial charge in [0.1, 0.15) is 6.54 Å². The third kappa shape index (κ3) is 3.79. The van der Waals surface area contributed by atoms with E-state index in [4.69, 9.17) is 4.52 Å². The molecule has 30 heavy (non-hydrogen) atoms. The molecule has 5 rings (SSSR count). The molecule has 2 aliphatic rings. The summed E-state index contributed by atoms with van der Waals surface area (Å²) in [4.78, 5) is 13.3. The average molecular weight is 429 g/mol. The summed E-state index contributed by atoms with van der Waals surface area (Å²) in [6.45, 7) is 3.85. The van der Waals surface area contributed by atoms with Crippen LogP contribution in [0.3, 0.4) is 0 Å². The molecule has 0 saturated heterocycles. The van der Waals surface area contributed by atoms with Crippen molar-refractivity contribution in [3.05, 3.63) is 51.8 Å². The summed E-state index contributed by atoms with van der Waals surface area (Å²) in [6, 6.07) is 6.53.